The van der Waals surface area contributed by atoms with E-state index in [9.17, 15) is 8.42 Å². The van der Waals surface area contributed by atoms with E-state index >= 15 is 0 Å². The zero-order valence-corrected chi connectivity index (χ0v) is 17.7. The van der Waals surface area contributed by atoms with Crippen molar-refractivity contribution in [2.24, 2.45) is 0 Å². The topological polar surface area (TPSA) is 53.5 Å². The predicted molar refractivity (Wildman–Crippen MR) is 106 cm³/mol. The molecule has 0 atom stereocenters. The lowest BCUT2D eigenvalue weighted by Gasteiger charge is -2.33. The quantitative estimate of drug-likeness (QED) is 0.768. The maximum absolute atomic E-state index is 12.7. The fourth-order valence-electron chi connectivity index (χ4n) is 2.80. The highest BCUT2D eigenvalue weighted by atomic mass is 35.5. The lowest BCUT2D eigenvalue weighted by molar-refractivity contribution is 0.181. The van der Waals surface area contributed by atoms with Crippen LogP contribution in [0.3, 0.4) is 0 Å². The van der Waals surface area contributed by atoms with Crippen LogP contribution in [0.5, 0.6) is 0 Å². The van der Waals surface area contributed by atoms with Crippen molar-refractivity contribution in [2.45, 2.75) is 37.6 Å². The third-order valence-corrected chi connectivity index (χ3v) is 7.46. The van der Waals surface area contributed by atoms with Gasteiger partial charge in [0.2, 0.25) is 10.0 Å². The number of aromatic nitrogens is 1. The molecule has 1 fully saturated rings. The summed E-state index contributed by atoms with van der Waals surface area (Å²) in [5.41, 5.74) is 1.17. The largest absolute Gasteiger partial charge is 0.294 e. The molecule has 0 bridgehead atoms. The van der Waals surface area contributed by atoms with Gasteiger partial charge in [0.25, 0.3) is 0 Å². The van der Waals surface area contributed by atoms with Gasteiger partial charge in [0.15, 0.2) is 0 Å². The molecule has 5 nitrogen and oxygen atoms in total. The van der Waals surface area contributed by atoms with Crippen molar-refractivity contribution in [3.63, 3.8) is 0 Å². The second-order valence-electron chi connectivity index (χ2n) is 7.51. The predicted octanol–water partition coefficient (Wildman–Crippen LogP) is 3.60. The van der Waals surface area contributed by atoms with Crippen LogP contribution < -0.4 is 0 Å². The van der Waals surface area contributed by atoms with E-state index in [1.807, 2.05) is 0 Å². The first-order valence-corrected chi connectivity index (χ1v) is 11.3. The van der Waals surface area contributed by atoms with Gasteiger partial charge in [-0.2, -0.15) is 4.31 Å². The number of hydrogen-bond donors (Lipinski definition) is 0. The van der Waals surface area contributed by atoms with Crippen molar-refractivity contribution in [3.8, 4) is 0 Å². The minimum Gasteiger partial charge on any atom is -0.294 e. The number of nitrogens with zero attached hydrogens (tertiary/aromatic N) is 3. The normalized spacial score (nSPS) is 17.5. The van der Waals surface area contributed by atoms with E-state index in [0.717, 1.165) is 17.2 Å². The van der Waals surface area contributed by atoms with E-state index in [0.29, 0.717) is 36.1 Å². The number of piperazine rings is 1. The van der Waals surface area contributed by atoms with Crippen LogP contribution in [-0.2, 0) is 22.0 Å². The van der Waals surface area contributed by atoms with Gasteiger partial charge in [-0.25, -0.2) is 13.4 Å². The van der Waals surface area contributed by atoms with Gasteiger partial charge in [0.1, 0.15) is 5.01 Å². The van der Waals surface area contributed by atoms with Gasteiger partial charge < -0.3 is 0 Å². The number of benzene rings is 1. The van der Waals surface area contributed by atoms with E-state index in [2.05, 4.69) is 31.1 Å². The molecular weight excluding hydrogens is 390 g/mol. The Balaban J connectivity index is 1.60. The monoisotopic (exact) mass is 413 g/mol. The molecule has 1 aromatic carbocycles. The molecule has 8 heteroatoms. The number of thiazole rings is 1. The Kier molecular flexibility index (Phi) is 5.75. The van der Waals surface area contributed by atoms with E-state index in [4.69, 9.17) is 16.6 Å². The third kappa shape index (κ3) is 4.46. The van der Waals surface area contributed by atoms with Gasteiger partial charge in [-0.1, -0.05) is 32.4 Å². The Morgan fingerprint density at radius 3 is 2.27 bits per heavy atom. The Labute approximate surface area is 164 Å². The summed E-state index contributed by atoms with van der Waals surface area (Å²) in [7, 11) is -3.46. The van der Waals surface area contributed by atoms with E-state index in [1.54, 1.807) is 39.9 Å². The highest BCUT2D eigenvalue weighted by Gasteiger charge is 2.29. The molecule has 1 aromatic heterocycles. The molecule has 1 saturated heterocycles. The first-order valence-electron chi connectivity index (χ1n) is 8.59. The van der Waals surface area contributed by atoms with Crippen molar-refractivity contribution < 1.29 is 8.42 Å². The maximum Gasteiger partial charge on any atom is 0.243 e. The zero-order chi connectivity index (χ0) is 18.9. The van der Waals surface area contributed by atoms with Crippen molar-refractivity contribution in [2.75, 3.05) is 26.2 Å². The molecule has 1 aliphatic rings. The summed E-state index contributed by atoms with van der Waals surface area (Å²) >= 11 is 7.53. The average molecular weight is 414 g/mol. The molecule has 0 aliphatic carbocycles. The van der Waals surface area contributed by atoms with Crippen LogP contribution >= 0.6 is 22.9 Å². The van der Waals surface area contributed by atoms with Crippen molar-refractivity contribution in [1.29, 1.82) is 0 Å². The van der Waals surface area contributed by atoms with Crippen molar-refractivity contribution in [1.82, 2.24) is 14.2 Å². The van der Waals surface area contributed by atoms with Crippen LogP contribution in [0.15, 0.2) is 34.5 Å². The van der Waals surface area contributed by atoms with Crippen LogP contribution in [0.25, 0.3) is 0 Å². The number of halogens is 1. The Morgan fingerprint density at radius 1 is 1.12 bits per heavy atom. The second kappa shape index (κ2) is 7.56. The molecule has 1 aliphatic heterocycles. The molecule has 2 aromatic rings. The fraction of sp³-hybridized carbons (Fsp3) is 0.500. The maximum atomic E-state index is 12.7. The SMILES string of the molecule is CC(C)(C)c1csc(CN2CCN(S(=O)(=O)c3ccc(Cl)cc3)CC2)n1. The lowest BCUT2D eigenvalue weighted by atomic mass is 9.93. The van der Waals surface area contributed by atoms with E-state index in [1.165, 1.54) is 0 Å². The molecular formula is C18H24ClN3O2S2. The number of hydrogen-bond acceptors (Lipinski definition) is 5. The molecule has 0 saturated carbocycles. The fourth-order valence-corrected chi connectivity index (χ4v) is 5.41. The Bertz CT molecular complexity index is 849. The summed E-state index contributed by atoms with van der Waals surface area (Å²) in [5, 5.41) is 3.74. The van der Waals surface area contributed by atoms with Crippen molar-refractivity contribution >= 4 is 33.0 Å². The average Bonchev–Trinajstić information content (AvgIpc) is 3.05. The summed E-state index contributed by atoms with van der Waals surface area (Å²) in [6.07, 6.45) is 0. The third-order valence-electron chi connectivity index (χ3n) is 4.46. The molecule has 2 heterocycles. The molecule has 0 amide bonds. The summed E-state index contributed by atoms with van der Waals surface area (Å²) in [6.45, 7) is 9.64. The first kappa shape index (κ1) is 19.8. The minimum absolute atomic E-state index is 0.0557. The zero-order valence-electron chi connectivity index (χ0n) is 15.3. The van der Waals surface area contributed by atoms with Gasteiger partial charge in [0.05, 0.1) is 17.1 Å². The van der Waals surface area contributed by atoms with Gasteiger partial charge in [0, 0.05) is 42.0 Å². The van der Waals surface area contributed by atoms with Crippen LogP contribution in [0.4, 0.5) is 0 Å². The lowest BCUT2D eigenvalue weighted by Crippen LogP contribution is -2.48. The molecule has 0 N–H and O–H groups in total. The highest BCUT2D eigenvalue weighted by molar-refractivity contribution is 7.89. The standard InChI is InChI=1S/C18H24ClN3O2S2/c1-18(2,3)16-13-25-17(20-16)12-21-8-10-22(11-9-21)26(23,24)15-6-4-14(19)5-7-15/h4-7,13H,8-12H2,1-3H3. The summed E-state index contributed by atoms with van der Waals surface area (Å²) in [4.78, 5) is 7.29. The van der Waals surface area contributed by atoms with Crippen LogP contribution in [0, 0.1) is 0 Å². The Hall–Kier alpha value is -0.990. The highest BCUT2D eigenvalue weighted by Crippen LogP contribution is 2.25. The Morgan fingerprint density at radius 2 is 1.73 bits per heavy atom. The van der Waals surface area contributed by atoms with Gasteiger partial charge in [-0.3, -0.25) is 4.90 Å². The second-order valence-corrected chi connectivity index (χ2v) is 10.8. The molecule has 26 heavy (non-hydrogen) atoms. The van der Waals surface area contributed by atoms with E-state index < -0.39 is 10.0 Å². The molecule has 0 radical (unpaired) electrons. The molecule has 0 spiro atoms. The minimum atomic E-state index is -3.46. The van der Waals surface area contributed by atoms with Crippen molar-refractivity contribution in [3.05, 3.63) is 45.4 Å². The van der Waals surface area contributed by atoms with Crippen LogP contribution in [0.1, 0.15) is 31.5 Å². The number of sulfonamides is 1. The van der Waals surface area contributed by atoms with Crippen LogP contribution in [0.2, 0.25) is 5.02 Å². The summed E-state index contributed by atoms with van der Waals surface area (Å²) in [5.74, 6) is 0. The molecule has 0 unspecified atom stereocenters. The smallest absolute Gasteiger partial charge is 0.243 e. The summed E-state index contributed by atoms with van der Waals surface area (Å²) < 4.78 is 27.0. The van der Waals surface area contributed by atoms with Gasteiger partial charge in [-0.05, 0) is 24.3 Å². The number of rotatable bonds is 4. The van der Waals surface area contributed by atoms with Crippen LogP contribution in [-0.4, -0.2) is 48.8 Å². The summed E-state index contributed by atoms with van der Waals surface area (Å²) in [6, 6.07) is 6.35. The molecule has 3 rings (SSSR count). The van der Waals surface area contributed by atoms with Gasteiger partial charge in [-0.15, -0.1) is 11.3 Å². The van der Waals surface area contributed by atoms with E-state index in [-0.39, 0.29) is 5.41 Å². The van der Waals surface area contributed by atoms with Gasteiger partial charge >= 0.3 is 0 Å². The first-order chi connectivity index (χ1) is 12.2. The molecule has 142 valence electrons.